The number of para-hydroxylation sites is 1. The van der Waals surface area contributed by atoms with Crippen LogP contribution < -0.4 is 10.5 Å². The second kappa shape index (κ2) is 6.72. The number of benzene rings is 1. The van der Waals surface area contributed by atoms with E-state index in [-0.39, 0.29) is 18.0 Å². The summed E-state index contributed by atoms with van der Waals surface area (Å²) in [6, 6.07) is 14.3. The number of nitriles is 1. The van der Waals surface area contributed by atoms with Crippen LogP contribution in [0.3, 0.4) is 0 Å². The van der Waals surface area contributed by atoms with Gasteiger partial charge in [0.1, 0.15) is 18.2 Å². The van der Waals surface area contributed by atoms with Crippen LogP contribution in [0, 0.1) is 18.3 Å². The number of hydrogen-bond acceptors (Lipinski definition) is 3. The molecule has 0 spiro atoms. The van der Waals surface area contributed by atoms with Crippen molar-refractivity contribution in [2.24, 2.45) is 0 Å². The number of pyridine rings is 1. The Kier molecular flexibility index (Phi) is 4.74. The molecule has 2 rings (SSSR count). The summed E-state index contributed by atoms with van der Waals surface area (Å²) >= 11 is 0. The molecule has 0 atom stereocenters. The van der Waals surface area contributed by atoms with E-state index in [1.54, 1.807) is 17.9 Å². The summed E-state index contributed by atoms with van der Waals surface area (Å²) in [7, 11) is 0. The predicted octanol–water partition coefficient (Wildman–Crippen LogP) is 2.08. The van der Waals surface area contributed by atoms with Gasteiger partial charge >= 0.3 is 0 Å². The fraction of sp³-hybridized carbons (Fsp3) is 0.235. The highest BCUT2D eigenvalue weighted by atomic mass is 16.2. The quantitative estimate of drug-likeness (QED) is 0.867. The van der Waals surface area contributed by atoms with Gasteiger partial charge in [-0.15, -0.1) is 0 Å². The number of carbonyl (C=O) groups is 1. The van der Waals surface area contributed by atoms with Crippen molar-refractivity contribution >= 4 is 11.6 Å². The number of aromatic nitrogens is 1. The minimum atomic E-state index is -0.431. The van der Waals surface area contributed by atoms with Gasteiger partial charge in [-0.3, -0.25) is 9.59 Å². The molecule has 0 N–H and O–H groups in total. The smallest absolute Gasteiger partial charge is 0.269 e. The molecule has 0 radical (unpaired) electrons. The molecule has 0 aliphatic rings. The molecule has 112 valence electrons. The van der Waals surface area contributed by atoms with Gasteiger partial charge in [0.2, 0.25) is 5.91 Å². The lowest BCUT2D eigenvalue weighted by molar-refractivity contribution is -0.119. The van der Waals surface area contributed by atoms with E-state index in [1.807, 2.05) is 43.3 Å². The molecule has 0 unspecified atom stereocenters. The monoisotopic (exact) mass is 295 g/mol. The summed E-state index contributed by atoms with van der Waals surface area (Å²) < 4.78 is 1.34. The van der Waals surface area contributed by atoms with Gasteiger partial charge in [-0.1, -0.05) is 18.2 Å². The minimum Gasteiger partial charge on any atom is -0.311 e. The normalized spacial score (nSPS) is 10.0. The lowest BCUT2D eigenvalue weighted by atomic mass is 10.2. The van der Waals surface area contributed by atoms with Crippen LogP contribution in [0.4, 0.5) is 5.69 Å². The highest BCUT2D eigenvalue weighted by molar-refractivity contribution is 5.93. The maximum Gasteiger partial charge on any atom is 0.269 e. The summed E-state index contributed by atoms with van der Waals surface area (Å²) in [6.45, 7) is 4.05. The highest BCUT2D eigenvalue weighted by Crippen LogP contribution is 2.13. The molecule has 0 saturated carbocycles. The van der Waals surface area contributed by atoms with Crippen LogP contribution in [0.2, 0.25) is 0 Å². The zero-order valence-corrected chi connectivity index (χ0v) is 12.6. The van der Waals surface area contributed by atoms with Gasteiger partial charge in [0, 0.05) is 17.9 Å². The number of nitrogens with zero attached hydrogens (tertiary/aromatic N) is 3. The van der Waals surface area contributed by atoms with Crippen LogP contribution in [0.15, 0.2) is 47.3 Å². The van der Waals surface area contributed by atoms with Crippen molar-refractivity contribution < 1.29 is 4.79 Å². The van der Waals surface area contributed by atoms with Crippen molar-refractivity contribution in [3.63, 3.8) is 0 Å². The van der Waals surface area contributed by atoms with Gasteiger partial charge in [-0.05, 0) is 38.1 Å². The van der Waals surface area contributed by atoms with E-state index in [0.29, 0.717) is 12.2 Å². The zero-order valence-electron chi connectivity index (χ0n) is 12.6. The molecule has 1 aromatic heterocycles. The van der Waals surface area contributed by atoms with Crippen molar-refractivity contribution in [2.45, 2.75) is 20.4 Å². The number of carbonyl (C=O) groups excluding carboxylic acids is 1. The van der Waals surface area contributed by atoms with Gasteiger partial charge in [-0.2, -0.15) is 5.26 Å². The Morgan fingerprint density at radius 3 is 2.50 bits per heavy atom. The molecule has 0 aliphatic heterocycles. The first-order valence-electron chi connectivity index (χ1n) is 7.04. The van der Waals surface area contributed by atoms with Gasteiger partial charge in [0.15, 0.2) is 0 Å². The van der Waals surface area contributed by atoms with E-state index in [1.165, 1.54) is 10.6 Å². The molecule has 0 bridgehead atoms. The Labute approximate surface area is 129 Å². The molecule has 1 amide bonds. The first-order chi connectivity index (χ1) is 10.6. The van der Waals surface area contributed by atoms with Crippen LogP contribution in [0.1, 0.15) is 18.2 Å². The molecule has 0 saturated heterocycles. The topological polar surface area (TPSA) is 66.1 Å². The van der Waals surface area contributed by atoms with Gasteiger partial charge in [-0.25, -0.2) is 0 Å². The van der Waals surface area contributed by atoms with E-state index in [2.05, 4.69) is 0 Å². The molecule has 5 heteroatoms. The Hall–Kier alpha value is -2.87. The lowest BCUT2D eigenvalue weighted by Crippen LogP contribution is -2.37. The second-order valence-electron chi connectivity index (χ2n) is 4.87. The average molecular weight is 295 g/mol. The molecule has 1 aromatic carbocycles. The van der Waals surface area contributed by atoms with E-state index in [9.17, 15) is 9.59 Å². The van der Waals surface area contributed by atoms with E-state index in [0.717, 1.165) is 5.69 Å². The van der Waals surface area contributed by atoms with Crippen molar-refractivity contribution in [2.75, 3.05) is 11.4 Å². The molecule has 5 nitrogen and oxygen atoms in total. The summed E-state index contributed by atoms with van der Waals surface area (Å²) in [6.07, 6.45) is 0. The molecular formula is C17H17N3O2. The van der Waals surface area contributed by atoms with Crippen LogP contribution in [-0.4, -0.2) is 17.0 Å². The number of aryl methyl sites for hydroxylation is 1. The largest absolute Gasteiger partial charge is 0.311 e. The molecule has 2 aromatic rings. The van der Waals surface area contributed by atoms with Crippen LogP contribution >= 0.6 is 0 Å². The van der Waals surface area contributed by atoms with Crippen molar-refractivity contribution in [1.82, 2.24) is 4.57 Å². The van der Waals surface area contributed by atoms with E-state index < -0.39 is 5.56 Å². The first kappa shape index (κ1) is 15.5. The summed E-state index contributed by atoms with van der Waals surface area (Å²) in [4.78, 5) is 26.3. The first-order valence-corrected chi connectivity index (χ1v) is 7.04. The summed E-state index contributed by atoms with van der Waals surface area (Å²) in [5.41, 5.74) is 1.06. The molecule has 0 fully saturated rings. The fourth-order valence-corrected chi connectivity index (χ4v) is 2.28. The molecule has 0 aliphatic carbocycles. The number of rotatable bonds is 4. The van der Waals surface area contributed by atoms with Crippen molar-refractivity contribution in [3.8, 4) is 6.07 Å². The Morgan fingerprint density at radius 1 is 1.23 bits per heavy atom. The summed E-state index contributed by atoms with van der Waals surface area (Å²) in [5.74, 6) is -0.186. The molecule has 22 heavy (non-hydrogen) atoms. The maximum absolute atomic E-state index is 12.5. The van der Waals surface area contributed by atoms with Crippen molar-refractivity contribution in [1.29, 1.82) is 5.26 Å². The fourth-order valence-electron chi connectivity index (χ4n) is 2.28. The maximum atomic E-state index is 12.5. The van der Waals surface area contributed by atoms with Gasteiger partial charge in [0.05, 0.1) is 0 Å². The van der Waals surface area contributed by atoms with E-state index >= 15 is 0 Å². The average Bonchev–Trinajstić information content (AvgIpc) is 2.53. The third-order valence-electron chi connectivity index (χ3n) is 3.49. The van der Waals surface area contributed by atoms with Gasteiger partial charge < -0.3 is 9.47 Å². The summed E-state index contributed by atoms with van der Waals surface area (Å²) in [5, 5.41) is 8.94. The number of hydrogen-bond donors (Lipinski definition) is 0. The Morgan fingerprint density at radius 2 is 1.91 bits per heavy atom. The Balaban J connectivity index is 2.33. The van der Waals surface area contributed by atoms with Crippen LogP contribution in [-0.2, 0) is 11.3 Å². The number of likely N-dealkylation sites (N-methyl/N-ethyl adjacent to an activating group) is 1. The zero-order chi connectivity index (χ0) is 16.1. The molecule has 1 heterocycles. The van der Waals surface area contributed by atoms with Crippen LogP contribution in [0.5, 0.6) is 0 Å². The minimum absolute atomic E-state index is 0.0427. The lowest BCUT2D eigenvalue weighted by Gasteiger charge is -2.22. The van der Waals surface area contributed by atoms with Gasteiger partial charge in [0.25, 0.3) is 5.56 Å². The van der Waals surface area contributed by atoms with Crippen molar-refractivity contribution in [3.05, 3.63) is 64.1 Å². The third-order valence-corrected chi connectivity index (χ3v) is 3.49. The number of amides is 1. The SMILES string of the molecule is CCN(C(=O)Cn1c(C)ccc(C#N)c1=O)c1ccccc1. The molecular weight excluding hydrogens is 278 g/mol. The van der Waals surface area contributed by atoms with E-state index in [4.69, 9.17) is 5.26 Å². The second-order valence-corrected chi connectivity index (χ2v) is 4.87. The number of anilines is 1. The predicted molar refractivity (Wildman–Crippen MR) is 84.6 cm³/mol. The standard InChI is InChI=1S/C17H17N3O2/c1-3-19(15-7-5-4-6-8-15)16(21)12-20-13(2)9-10-14(11-18)17(20)22/h4-10H,3,12H2,1-2H3. The third kappa shape index (κ3) is 3.07. The van der Waals surface area contributed by atoms with Crippen LogP contribution in [0.25, 0.3) is 0 Å². The Bertz CT molecular complexity index is 773. The highest BCUT2D eigenvalue weighted by Gasteiger charge is 2.16.